The fourth-order valence-electron chi connectivity index (χ4n) is 2.28. The predicted octanol–water partition coefficient (Wildman–Crippen LogP) is 1.09. The Labute approximate surface area is 125 Å². The summed E-state index contributed by atoms with van der Waals surface area (Å²) in [7, 11) is 2.23. The highest BCUT2D eigenvalue weighted by atomic mass is 19.1. The van der Waals surface area contributed by atoms with Crippen LogP contribution in [0.25, 0.3) is 0 Å². The van der Waals surface area contributed by atoms with Gasteiger partial charge in [0.25, 0.3) is 0 Å². The van der Waals surface area contributed by atoms with E-state index in [1.807, 2.05) is 0 Å². The summed E-state index contributed by atoms with van der Waals surface area (Å²) in [5.74, 6) is -3.61. The topological polar surface area (TPSA) is 87.9 Å². The van der Waals surface area contributed by atoms with Gasteiger partial charge in [0.1, 0.15) is 5.82 Å². The van der Waals surface area contributed by atoms with Gasteiger partial charge in [0.05, 0.1) is 25.9 Å². The molecule has 1 atom stereocenters. The van der Waals surface area contributed by atoms with E-state index in [2.05, 4.69) is 9.47 Å². The van der Waals surface area contributed by atoms with Crippen molar-refractivity contribution in [3.63, 3.8) is 0 Å². The number of halogens is 1. The molecule has 0 fully saturated rings. The molecule has 1 aromatic rings. The lowest BCUT2D eigenvalue weighted by atomic mass is 9.93. The number of esters is 2. The molecular formula is C14H14FNO6. The van der Waals surface area contributed by atoms with Crippen molar-refractivity contribution >= 4 is 18.2 Å². The summed E-state index contributed by atoms with van der Waals surface area (Å²) >= 11 is 0. The number of carbonyl (C=O) groups excluding carboxylic acids is 2. The Hall–Kier alpha value is -2.64. The van der Waals surface area contributed by atoms with Crippen LogP contribution in [-0.2, 0) is 23.9 Å². The van der Waals surface area contributed by atoms with Crippen LogP contribution in [0.3, 0.4) is 0 Å². The Morgan fingerprint density at radius 1 is 1.36 bits per heavy atom. The van der Waals surface area contributed by atoms with Crippen molar-refractivity contribution in [3.8, 4) is 0 Å². The fraction of sp³-hybridized carbons (Fsp3) is 0.357. The molecule has 1 unspecified atom stereocenters. The van der Waals surface area contributed by atoms with Gasteiger partial charge in [-0.25, -0.2) is 4.39 Å². The summed E-state index contributed by atoms with van der Waals surface area (Å²) in [6.45, 7) is 0. The standard InChI is InChI=1S/C14H14FNO6/c1-20-13(17)9(14(18)21-2)6-11-12-8(7-16(19)22-11)4-3-5-10(12)15/h3-5,7,9,11H,6H2,1-2H3. The monoisotopic (exact) mass is 311 g/mol. The van der Waals surface area contributed by atoms with Crippen LogP contribution in [-0.4, -0.2) is 37.3 Å². The average molecular weight is 311 g/mol. The number of hydrogen-bond acceptors (Lipinski definition) is 6. The van der Waals surface area contributed by atoms with E-state index in [9.17, 15) is 19.2 Å². The summed E-state index contributed by atoms with van der Waals surface area (Å²) in [5.41, 5.74) is 0.423. The van der Waals surface area contributed by atoms with Crippen LogP contribution in [0.2, 0.25) is 0 Å². The number of fused-ring (bicyclic) bond motifs is 1. The fourth-order valence-corrected chi connectivity index (χ4v) is 2.28. The molecule has 8 heteroatoms. The molecule has 1 aliphatic rings. The summed E-state index contributed by atoms with van der Waals surface area (Å²) in [4.78, 5) is 28.5. The van der Waals surface area contributed by atoms with E-state index in [1.165, 1.54) is 18.2 Å². The van der Waals surface area contributed by atoms with E-state index < -0.39 is 29.8 Å². The van der Waals surface area contributed by atoms with Gasteiger partial charge in [0, 0.05) is 10.5 Å². The molecule has 0 radical (unpaired) electrons. The maximum absolute atomic E-state index is 14.0. The zero-order valence-electron chi connectivity index (χ0n) is 11.9. The molecule has 0 saturated heterocycles. The van der Waals surface area contributed by atoms with Gasteiger partial charge >= 0.3 is 11.9 Å². The predicted molar refractivity (Wildman–Crippen MR) is 71.2 cm³/mol. The first-order chi connectivity index (χ1) is 10.5. The van der Waals surface area contributed by atoms with Gasteiger partial charge in [-0.3, -0.25) is 14.8 Å². The zero-order valence-corrected chi connectivity index (χ0v) is 11.9. The molecule has 0 bridgehead atoms. The second-order valence-electron chi connectivity index (χ2n) is 4.59. The highest BCUT2D eigenvalue weighted by Crippen LogP contribution is 2.32. The van der Waals surface area contributed by atoms with E-state index in [-0.39, 0.29) is 16.9 Å². The number of ether oxygens (including phenoxy) is 2. The molecule has 22 heavy (non-hydrogen) atoms. The van der Waals surface area contributed by atoms with Gasteiger partial charge in [0.15, 0.2) is 5.92 Å². The number of carbonyl (C=O) groups is 2. The van der Waals surface area contributed by atoms with Gasteiger partial charge in [-0.2, -0.15) is 0 Å². The van der Waals surface area contributed by atoms with Crippen LogP contribution < -0.4 is 0 Å². The molecule has 0 spiro atoms. The quantitative estimate of drug-likeness (QED) is 0.470. The van der Waals surface area contributed by atoms with Gasteiger partial charge in [-0.05, 0) is 18.6 Å². The van der Waals surface area contributed by atoms with E-state index in [4.69, 9.17) is 4.84 Å². The maximum Gasteiger partial charge on any atom is 0.320 e. The molecule has 118 valence electrons. The summed E-state index contributed by atoms with van der Waals surface area (Å²) in [6.07, 6.45) is -0.318. The SMILES string of the molecule is COC(=O)C(CC1O[N+]([O-])=Cc2cccc(F)c21)C(=O)OC. The molecule has 0 aromatic heterocycles. The molecule has 1 aromatic carbocycles. The van der Waals surface area contributed by atoms with Gasteiger partial charge in [-0.15, -0.1) is 0 Å². The van der Waals surface area contributed by atoms with Crippen molar-refractivity contribution in [2.45, 2.75) is 12.5 Å². The van der Waals surface area contributed by atoms with E-state index in [0.717, 1.165) is 20.4 Å². The highest BCUT2D eigenvalue weighted by molar-refractivity contribution is 5.94. The molecule has 1 aliphatic heterocycles. The first kappa shape index (κ1) is 15.7. The van der Waals surface area contributed by atoms with Crippen LogP contribution in [0.5, 0.6) is 0 Å². The second-order valence-corrected chi connectivity index (χ2v) is 4.59. The summed E-state index contributed by atoms with van der Waals surface area (Å²) < 4.78 is 23.1. The molecule has 0 saturated carbocycles. The van der Waals surface area contributed by atoms with Gasteiger partial charge in [0.2, 0.25) is 6.21 Å². The maximum atomic E-state index is 14.0. The Morgan fingerprint density at radius 3 is 2.59 bits per heavy atom. The van der Waals surface area contributed by atoms with Gasteiger partial charge < -0.3 is 14.3 Å². The Bertz CT molecular complexity index is 614. The number of rotatable bonds is 4. The van der Waals surface area contributed by atoms with Crippen LogP contribution in [0.15, 0.2) is 18.2 Å². The lowest BCUT2D eigenvalue weighted by Crippen LogP contribution is -2.31. The van der Waals surface area contributed by atoms with Crippen LogP contribution in [0.1, 0.15) is 23.7 Å². The van der Waals surface area contributed by atoms with Crippen LogP contribution >= 0.6 is 0 Å². The smallest absolute Gasteiger partial charge is 0.320 e. The highest BCUT2D eigenvalue weighted by Gasteiger charge is 2.35. The Balaban J connectivity index is 2.35. The van der Waals surface area contributed by atoms with Crippen molar-refractivity contribution < 1.29 is 33.2 Å². The minimum Gasteiger partial charge on any atom is -0.468 e. The van der Waals surface area contributed by atoms with E-state index in [1.54, 1.807) is 0 Å². The minimum absolute atomic E-state index is 0.104. The van der Waals surface area contributed by atoms with Crippen molar-refractivity contribution in [3.05, 3.63) is 40.4 Å². The lowest BCUT2D eigenvalue weighted by molar-refractivity contribution is -0.754. The first-order valence-corrected chi connectivity index (χ1v) is 6.40. The lowest BCUT2D eigenvalue weighted by Gasteiger charge is -2.27. The third-order valence-corrected chi connectivity index (χ3v) is 3.31. The van der Waals surface area contributed by atoms with E-state index >= 15 is 0 Å². The third-order valence-electron chi connectivity index (χ3n) is 3.31. The normalized spacial score (nSPS) is 16.4. The first-order valence-electron chi connectivity index (χ1n) is 6.40. The van der Waals surface area contributed by atoms with Crippen molar-refractivity contribution in [2.75, 3.05) is 14.2 Å². The molecule has 0 N–H and O–H groups in total. The average Bonchev–Trinajstić information content (AvgIpc) is 2.50. The van der Waals surface area contributed by atoms with Crippen molar-refractivity contribution in [2.24, 2.45) is 5.92 Å². The van der Waals surface area contributed by atoms with E-state index in [0.29, 0.717) is 5.56 Å². The van der Waals surface area contributed by atoms with Gasteiger partial charge in [-0.1, -0.05) is 6.07 Å². The number of nitrogens with zero attached hydrogens (tertiary/aromatic N) is 1. The summed E-state index contributed by atoms with van der Waals surface area (Å²) in [5, 5.41) is 11.5. The molecule has 1 heterocycles. The molecule has 2 rings (SSSR count). The van der Waals surface area contributed by atoms with Crippen molar-refractivity contribution in [1.29, 1.82) is 0 Å². The second kappa shape index (κ2) is 6.42. The van der Waals surface area contributed by atoms with Crippen LogP contribution in [0, 0.1) is 16.9 Å². The summed E-state index contributed by atoms with van der Waals surface area (Å²) in [6, 6.07) is 4.18. The largest absolute Gasteiger partial charge is 0.468 e. The van der Waals surface area contributed by atoms with Crippen LogP contribution in [0.4, 0.5) is 4.39 Å². The van der Waals surface area contributed by atoms with Crippen molar-refractivity contribution in [1.82, 2.24) is 0 Å². The number of methoxy groups -OCH3 is 2. The molecule has 0 amide bonds. The number of hydrogen-bond donors (Lipinski definition) is 0. The molecule has 7 nitrogen and oxygen atoms in total. The molecule has 0 aliphatic carbocycles. The Morgan fingerprint density at radius 2 is 2.00 bits per heavy atom. The number of benzene rings is 1. The molecular weight excluding hydrogens is 297 g/mol. The minimum atomic E-state index is -1.32. The third kappa shape index (κ3) is 3.00. The Kier molecular flexibility index (Phi) is 4.59. The zero-order chi connectivity index (χ0) is 16.3.